The normalized spacial score (nSPS) is 15.0. The summed E-state index contributed by atoms with van der Waals surface area (Å²) in [6, 6.07) is 15.0. The zero-order valence-corrected chi connectivity index (χ0v) is 39.7. The number of esters is 2. The van der Waals surface area contributed by atoms with E-state index in [0.717, 1.165) is 60.0 Å². The van der Waals surface area contributed by atoms with E-state index < -0.39 is 23.8 Å². The summed E-state index contributed by atoms with van der Waals surface area (Å²) in [6.07, 6.45) is 4.79. The number of methoxy groups -OCH3 is 1. The maximum absolute atomic E-state index is 13.0. The number of carboxylic acids is 1. The molecule has 0 spiro atoms. The number of hydrogen-bond donors (Lipinski definition) is 3. The van der Waals surface area contributed by atoms with Crippen molar-refractivity contribution in [1.29, 1.82) is 0 Å². The fourth-order valence-corrected chi connectivity index (χ4v) is 7.36. The highest BCUT2D eigenvalue weighted by atomic mass is 35.5. The molecule has 1 atom stereocenters. The Balaban J connectivity index is 0.000000342. The first-order valence-electron chi connectivity index (χ1n) is 20.8. The first-order valence-corrected chi connectivity index (χ1v) is 21.5. The molecule has 0 amide bonds. The number of dihydropyridines is 1. The Morgan fingerprint density at radius 3 is 1.94 bits per heavy atom. The minimum Gasteiger partial charge on any atom is -0.497 e. The van der Waals surface area contributed by atoms with Gasteiger partial charge in [0.1, 0.15) is 39.8 Å². The lowest BCUT2D eigenvalue weighted by atomic mass is 9.75. The van der Waals surface area contributed by atoms with E-state index in [1.807, 2.05) is 56.3 Å². The monoisotopic (exact) mass is 950 g/mol. The maximum atomic E-state index is 13.0. The molecule has 1 aliphatic heterocycles. The highest BCUT2D eigenvalue weighted by molar-refractivity contribution is 6.32. The third-order valence-electron chi connectivity index (χ3n) is 9.67. The van der Waals surface area contributed by atoms with Crippen molar-refractivity contribution in [3.63, 3.8) is 0 Å². The van der Waals surface area contributed by atoms with Crippen molar-refractivity contribution < 1.29 is 57.7 Å². The van der Waals surface area contributed by atoms with Gasteiger partial charge in [-0.1, -0.05) is 34.8 Å². The second kappa shape index (κ2) is 27.2. The molecule has 4 aromatic rings. The third-order valence-corrected chi connectivity index (χ3v) is 10.3. The number of halogens is 2. The summed E-state index contributed by atoms with van der Waals surface area (Å²) in [4.78, 5) is 95.7. The van der Waals surface area contributed by atoms with Crippen LogP contribution in [-0.2, 0) is 43.0 Å². The molecular formula is C48H56Cl2N4O12. The molecule has 3 aliphatic rings. The maximum Gasteiger partial charge on any atom is 0.336 e. The number of carbonyl (C=O) groups excluding carboxylic acids is 7. The van der Waals surface area contributed by atoms with E-state index in [9.17, 15) is 33.6 Å². The quantitative estimate of drug-likeness (QED) is 0.0644. The van der Waals surface area contributed by atoms with Crippen LogP contribution in [0.15, 0.2) is 71.1 Å². The van der Waals surface area contributed by atoms with E-state index in [1.165, 1.54) is 6.92 Å². The smallest absolute Gasteiger partial charge is 0.336 e. The number of aliphatic carboxylic acids is 1. The lowest BCUT2D eigenvalue weighted by molar-refractivity contribution is -0.145. The zero-order chi connectivity index (χ0) is 48.4. The number of aromatic nitrogens is 2. The molecule has 16 nitrogen and oxygen atoms in total. The molecule has 0 saturated heterocycles. The number of nitrogens with one attached hydrogen (secondary N) is 1. The van der Waals surface area contributed by atoms with Gasteiger partial charge in [0.15, 0.2) is 12.1 Å². The fourth-order valence-electron chi connectivity index (χ4n) is 6.92. The number of benzene rings is 2. The molecule has 2 aromatic heterocycles. The average Bonchev–Trinajstić information content (AvgIpc) is 3.23. The average molecular weight is 952 g/mol. The van der Waals surface area contributed by atoms with Crippen molar-refractivity contribution in [3.05, 3.63) is 98.1 Å². The lowest BCUT2D eigenvalue weighted by Gasteiger charge is -2.34. The Kier molecular flexibility index (Phi) is 23.0. The number of Topliss-reactive ketones (excluding diaryl/α,β-unsaturated/α-hetero) is 4. The van der Waals surface area contributed by atoms with Gasteiger partial charge in [0.05, 0.1) is 54.8 Å². The number of nitrogens with zero attached hydrogens (tertiary/aromatic N) is 2. The second-order valence-electron chi connectivity index (χ2n) is 14.9. The molecule has 354 valence electrons. The van der Waals surface area contributed by atoms with Crippen molar-refractivity contribution in [1.82, 2.24) is 21.4 Å². The van der Waals surface area contributed by atoms with E-state index in [-0.39, 0.29) is 59.0 Å². The number of fused-ring (bicyclic) bond motifs is 2. The van der Waals surface area contributed by atoms with Crippen LogP contribution in [0.25, 0.3) is 21.8 Å². The van der Waals surface area contributed by atoms with Gasteiger partial charge in [0.2, 0.25) is 0 Å². The molecule has 66 heavy (non-hydrogen) atoms. The summed E-state index contributed by atoms with van der Waals surface area (Å²) in [5.41, 5.74) is 6.22. The number of hydrogen-bond acceptors (Lipinski definition) is 15. The van der Waals surface area contributed by atoms with Crippen LogP contribution in [0.4, 0.5) is 0 Å². The minimum absolute atomic E-state index is 0. The molecule has 1 fully saturated rings. The molecule has 1 unspecified atom stereocenters. The Labute approximate surface area is 393 Å². The highest BCUT2D eigenvalue weighted by Gasteiger charge is 2.40. The van der Waals surface area contributed by atoms with Gasteiger partial charge in [-0.25, -0.2) is 14.8 Å². The van der Waals surface area contributed by atoms with Crippen LogP contribution in [0.2, 0.25) is 10.3 Å². The van der Waals surface area contributed by atoms with E-state index in [1.54, 1.807) is 27.0 Å². The summed E-state index contributed by atoms with van der Waals surface area (Å²) >= 11 is 12.4. The number of carboxylic acid groups (broad SMARTS) is 1. The number of aryl methyl sites for hydroxylation is 1. The van der Waals surface area contributed by atoms with E-state index in [2.05, 4.69) is 20.0 Å². The molecule has 2 aliphatic carbocycles. The highest BCUT2D eigenvalue weighted by Crippen LogP contribution is 2.45. The predicted octanol–water partition coefficient (Wildman–Crippen LogP) is 8.92. The largest absolute Gasteiger partial charge is 0.497 e. The Morgan fingerprint density at radius 2 is 1.39 bits per heavy atom. The summed E-state index contributed by atoms with van der Waals surface area (Å²) in [5, 5.41) is 13.0. The lowest BCUT2D eigenvalue weighted by Crippen LogP contribution is -2.34. The van der Waals surface area contributed by atoms with Crippen molar-refractivity contribution in [2.45, 2.75) is 98.8 Å². The number of allylic oxidation sites excluding steroid dienone is 3. The van der Waals surface area contributed by atoms with Crippen LogP contribution >= 0.6 is 23.2 Å². The van der Waals surface area contributed by atoms with E-state index in [0.29, 0.717) is 65.1 Å². The number of carbonyl (C=O) groups is 8. The number of ketones is 4. The molecule has 3 heterocycles. The SMILES string of the molecule is CC(=O)O.CCOC(=O)C1=C(C)NC2=C(C(=O)CCC2)C1c1cc2cc(OC)ccc2nc1Cl.CCOC(=O)CC(C)=O.Cc1ccc2nc(Cl)c(C=O)cc2c1.N.O=C1CCCC(=O)C1. The van der Waals surface area contributed by atoms with Gasteiger partial charge in [-0.15, -0.1) is 0 Å². The number of rotatable bonds is 8. The third kappa shape index (κ3) is 16.6. The molecule has 7 rings (SSSR count). The van der Waals surface area contributed by atoms with Gasteiger partial charge in [-0.2, -0.15) is 0 Å². The number of ether oxygens (including phenoxy) is 3. The van der Waals surface area contributed by atoms with Crippen LogP contribution < -0.4 is 16.2 Å². The van der Waals surface area contributed by atoms with Crippen molar-refractivity contribution in [3.8, 4) is 5.75 Å². The van der Waals surface area contributed by atoms with Crippen molar-refractivity contribution in [2.75, 3.05) is 20.3 Å². The van der Waals surface area contributed by atoms with Crippen molar-refractivity contribution in [2.24, 2.45) is 0 Å². The Morgan fingerprint density at radius 1 is 0.818 bits per heavy atom. The van der Waals surface area contributed by atoms with Crippen LogP contribution in [0.5, 0.6) is 5.75 Å². The van der Waals surface area contributed by atoms with E-state index >= 15 is 0 Å². The molecule has 0 bridgehead atoms. The Bertz CT molecular complexity index is 2520. The van der Waals surface area contributed by atoms with Crippen LogP contribution in [0.3, 0.4) is 0 Å². The summed E-state index contributed by atoms with van der Waals surface area (Å²) < 4.78 is 15.2. The van der Waals surface area contributed by atoms with Crippen LogP contribution in [0, 0.1) is 6.92 Å². The van der Waals surface area contributed by atoms with Gasteiger partial charge in [-0.05, 0) is 96.3 Å². The predicted molar refractivity (Wildman–Crippen MR) is 250 cm³/mol. The summed E-state index contributed by atoms with van der Waals surface area (Å²) in [6.45, 7) is 10.3. The van der Waals surface area contributed by atoms with Gasteiger partial charge in [0.25, 0.3) is 5.97 Å². The molecular weight excluding hydrogens is 895 g/mol. The van der Waals surface area contributed by atoms with Crippen LogP contribution in [-0.4, -0.2) is 82.7 Å². The minimum atomic E-state index is -0.833. The molecule has 18 heteroatoms. The standard InChI is InChI=1S/C23H23ClN2O4.C11H8ClNO.C6H10O3.C6H8O2.C2H4O2.H3N/c1-4-30-23(28)19-12(2)25-17-6-5-7-18(27)21(17)20(19)15-11-13-10-14(29-3)8-9-16(13)26-22(15)24;1-7-2-3-10-8(4-7)5-9(6-14)11(12)13-10;1-3-9-6(8)4-5(2)7;7-5-2-1-3-6(8)4-5;1-2(3)4;/h8-11,20,25H,4-7H2,1-3H3;2-6H,1H3;3-4H2,1-2H3;1-4H2;1H3,(H,3,4);1H3. The van der Waals surface area contributed by atoms with Crippen molar-refractivity contribution >= 4 is 92.3 Å². The van der Waals surface area contributed by atoms with Gasteiger partial charge in [-0.3, -0.25) is 33.6 Å². The number of pyridine rings is 2. The first-order chi connectivity index (χ1) is 30.8. The zero-order valence-electron chi connectivity index (χ0n) is 38.1. The first kappa shape index (κ1) is 55.8. The van der Waals surface area contributed by atoms with Gasteiger partial charge < -0.3 is 30.8 Å². The molecule has 1 saturated carbocycles. The van der Waals surface area contributed by atoms with Gasteiger partial charge in [0, 0.05) is 59.5 Å². The summed E-state index contributed by atoms with van der Waals surface area (Å²) in [7, 11) is 1.60. The van der Waals surface area contributed by atoms with Crippen LogP contribution in [0.1, 0.15) is 113 Å². The topological polar surface area (TPSA) is 257 Å². The second-order valence-corrected chi connectivity index (χ2v) is 15.6. The summed E-state index contributed by atoms with van der Waals surface area (Å²) in [5.74, 6) is -1.58. The molecule has 0 radical (unpaired) electrons. The molecule has 2 aromatic carbocycles. The van der Waals surface area contributed by atoms with Gasteiger partial charge >= 0.3 is 11.9 Å². The van der Waals surface area contributed by atoms with E-state index in [4.69, 9.17) is 42.6 Å². The fraction of sp³-hybridized carbons (Fsp3) is 0.375. The molecule has 5 N–H and O–H groups in total. The number of aldehydes is 1. The Hall–Kier alpha value is -6.36.